The number of nitrogens with zero attached hydrogens (tertiary/aromatic N) is 3. The number of carbonyl (C=O) groups is 1. The Morgan fingerprint density at radius 2 is 1.97 bits per heavy atom. The first-order valence-electron chi connectivity index (χ1n) is 9.85. The van der Waals surface area contributed by atoms with Crippen LogP contribution >= 0.6 is 0 Å². The molecule has 0 saturated carbocycles. The molecule has 0 saturated heterocycles. The molecule has 2 heterocycles. The van der Waals surface area contributed by atoms with E-state index in [1.54, 1.807) is 11.8 Å². The summed E-state index contributed by atoms with van der Waals surface area (Å²) >= 11 is 0. The largest absolute Gasteiger partial charge is 0.509 e. The number of nitrogens with one attached hydrogen (secondary N) is 1. The number of fused-ring (bicyclic) bond motifs is 1. The van der Waals surface area contributed by atoms with Crippen molar-refractivity contribution in [1.82, 2.24) is 9.55 Å². The highest BCUT2D eigenvalue weighted by Crippen LogP contribution is 2.32. The Morgan fingerprint density at radius 3 is 2.67 bits per heavy atom. The average Bonchev–Trinajstić information content (AvgIpc) is 3.18. The maximum Gasteiger partial charge on any atom is 0.310 e. The van der Waals surface area contributed by atoms with Gasteiger partial charge in [-0.3, -0.25) is 10.2 Å². The number of rotatable bonds is 5. The Balaban J connectivity index is 1.60. The van der Waals surface area contributed by atoms with Gasteiger partial charge in [0.25, 0.3) is 0 Å². The number of benzene rings is 2. The third kappa shape index (κ3) is 3.43. The smallest absolute Gasteiger partial charge is 0.310 e. The van der Waals surface area contributed by atoms with Crippen LogP contribution in [-0.2, 0) is 23.0 Å². The minimum absolute atomic E-state index is 0.116. The zero-order valence-corrected chi connectivity index (χ0v) is 17.3. The van der Waals surface area contributed by atoms with Gasteiger partial charge in [-0.1, -0.05) is 18.2 Å². The van der Waals surface area contributed by atoms with Crippen molar-refractivity contribution in [3.8, 4) is 0 Å². The Hall–Kier alpha value is -3.61. The number of ether oxygens (including phenoxy) is 1. The van der Waals surface area contributed by atoms with Crippen LogP contribution < -0.4 is 4.90 Å². The van der Waals surface area contributed by atoms with Crippen LogP contribution in [0, 0.1) is 12.3 Å². The van der Waals surface area contributed by atoms with Crippen LogP contribution in [0.3, 0.4) is 0 Å². The van der Waals surface area contributed by atoms with Crippen LogP contribution in [0.15, 0.2) is 48.2 Å². The summed E-state index contributed by atoms with van der Waals surface area (Å²) in [5, 5.41) is 19.3. The highest BCUT2D eigenvalue weighted by atomic mass is 16.5. The number of hydrogen-bond acceptors (Lipinski definition) is 5. The van der Waals surface area contributed by atoms with E-state index < -0.39 is 0 Å². The van der Waals surface area contributed by atoms with Gasteiger partial charge < -0.3 is 19.3 Å². The molecule has 0 atom stereocenters. The van der Waals surface area contributed by atoms with E-state index in [1.165, 1.54) is 0 Å². The molecule has 1 aliphatic rings. The second-order valence-corrected chi connectivity index (χ2v) is 7.39. The van der Waals surface area contributed by atoms with Gasteiger partial charge in [-0.05, 0) is 49.2 Å². The predicted octanol–water partition coefficient (Wildman–Crippen LogP) is 3.75. The van der Waals surface area contributed by atoms with Gasteiger partial charge in [0, 0.05) is 12.7 Å². The summed E-state index contributed by atoms with van der Waals surface area (Å²) in [4.78, 5) is 18.1. The van der Waals surface area contributed by atoms with Crippen LogP contribution in [0.4, 0.5) is 5.69 Å². The standard InChI is InChI=1S/C23H24N4O3/c1-4-30-20(29)12-15-6-8-16(9-7-15)27-13-19(28)21(22(27)24)23-25-17-11-14(2)5-10-18(17)26(23)3/h5-11,24,28H,4,12-13H2,1-3H3. The van der Waals surface area contributed by atoms with Crippen LogP contribution in [0.25, 0.3) is 16.6 Å². The monoisotopic (exact) mass is 404 g/mol. The zero-order valence-electron chi connectivity index (χ0n) is 17.3. The molecule has 0 aliphatic carbocycles. The van der Waals surface area contributed by atoms with E-state index in [-0.39, 0.29) is 30.5 Å². The SMILES string of the molecule is CCOC(=O)Cc1ccc(N2CC(O)=C(c3nc4cc(C)ccc4n3C)C2=N)cc1. The number of aliphatic hydroxyl groups excluding tert-OH is 1. The number of aryl methyl sites for hydroxylation is 2. The number of aromatic nitrogens is 2. The number of amidine groups is 1. The normalized spacial score (nSPS) is 14.1. The molecule has 0 bridgehead atoms. The van der Waals surface area contributed by atoms with E-state index in [0.29, 0.717) is 18.0 Å². The molecule has 4 rings (SSSR count). The number of aliphatic hydroxyl groups is 1. The molecule has 0 radical (unpaired) electrons. The molecular formula is C23H24N4O3. The topological polar surface area (TPSA) is 91.4 Å². The summed E-state index contributed by atoms with van der Waals surface area (Å²) in [6, 6.07) is 13.4. The maximum absolute atomic E-state index is 11.7. The van der Waals surface area contributed by atoms with E-state index in [4.69, 9.17) is 10.1 Å². The minimum Gasteiger partial charge on any atom is -0.509 e. The summed E-state index contributed by atoms with van der Waals surface area (Å²) in [7, 11) is 1.89. The molecule has 0 fully saturated rings. The molecular weight excluding hydrogens is 380 g/mol. The first-order chi connectivity index (χ1) is 14.4. The third-order valence-corrected chi connectivity index (χ3v) is 5.26. The van der Waals surface area contributed by atoms with Crippen molar-refractivity contribution in [1.29, 1.82) is 5.41 Å². The second kappa shape index (κ2) is 7.67. The second-order valence-electron chi connectivity index (χ2n) is 7.39. The van der Waals surface area contributed by atoms with Gasteiger partial charge in [0.15, 0.2) is 0 Å². The summed E-state index contributed by atoms with van der Waals surface area (Å²) in [6.07, 6.45) is 0.208. The van der Waals surface area contributed by atoms with Crippen LogP contribution in [-0.4, -0.2) is 39.6 Å². The highest BCUT2D eigenvalue weighted by molar-refractivity contribution is 6.30. The Labute approximate surface area is 174 Å². The van der Waals surface area contributed by atoms with Gasteiger partial charge in [0.05, 0.1) is 36.2 Å². The summed E-state index contributed by atoms with van der Waals surface area (Å²) < 4.78 is 6.88. The average molecular weight is 404 g/mol. The molecule has 3 aromatic rings. The Morgan fingerprint density at radius 1 is 1.23 bits per heavy atom. The number of hydrogen-bond donors (Lipinski definition) is 2. The third-order valence-electron chi connectivity index (χ3n) is 5.26. The summed E-state index contributed by atoms with van der Waals surface area (Å²) in [5.74, 6) is 0.615. The molecule has 1 aromatic heterocycles. The predicted molar refractivity (Wildman–Crippen MR) is 117 cm³/mol. The lowest BCUT2D eigenvalue weighted by Crippen LogP contribution is -2.26. The highest BCUT2D eigenvalue weighted by Gasteiger charge is 2.32. The van der Waals surface area contributed by atoms with E-state index >= 15 is 0 Å². The lowest BCUT2D eigenvalue weighted by molar-refractivity contribution is -0.142. The first kappa shape index (κ1) is 19.7. The van der Waals surface area contributed by atoms with Crippen molar-refractivity contribution in [2.75, 3.05) is 18.1 Å². The molecule has 154 valence electrons. The number of imidazole rings is 1. The number of carbonyl (C=O) groups excluding carboxylic acids is 1. The van der Waals surface area contributed by atoms with Gasteiger partial charge in [0.1, 0.15) is 17.4 Å². The van der Waals surface area contributed by atoms with Gasteiger partial charge >= 0.3 is 5.97 Å². The van der Waals surface area contributed by atoms with Gasteiger partial charge in [-0.15, -0.1) is 0 Å². The molecule has 7 nitrogen and oxygen atoms in total. The molecule has 0 unspecified atom stereocenters. The lowest BCUT2D eigenvalue weighted by Gasteiger charge is -2.19. The fourth-order valence-corrected chi connectivity index (χ4v) is 3.74. The van der Waals surface area contributed by atoms with E-state index in [0.717, 1.165) is 27.8 Å². The van der Waals surface area contributed by atoms with Crippen molar-refractivity contribution in [3.63, 3.8) is 0 Å². The maximum atomic E-state index is 11.7. The molecule has 2 N–H and O–H groups in total. The zero-order chi connectivity index (χ0) is 21.4. The van der Waals surface area contributed by atoms with Crippen LogP contribution in [0.2, 0.25) is 0 Å². The Bertz CT molecular complexity index is 1180. The number of esters is 1. The van der Waals surface area contributed by atoms with Crippen molar-refractivity contribution < 1.29 is 14.6 Å². The number of anilines is 1. The van der Waals surface area contributed by atoms with E-state index in [9.17, 15) is 9.90 Å². The molecule has 0 spiro atoms. The Kier molecular flexibility index (Phi) is 5.03. The molecule has 30 heavy (non-hydrogen) atoms. The quantitative estimate of drug-likeness (QED) is 0.632. The fourth-order valence-electron chi connectivity index (χ4n) is 3.74. The molecule has 1 aliphatic heterocycles. The van der Waals surface area contributed by atoms with E-state index in [2.05, 4.69) is 4.98 Å². The molecule has 7 heteroatoms. The molecule has 0 amide bonds. The van der Waals surface area contributed by atoms with Crippen molar-refractivity contribution in [2.45, 2.75) is 20.3 Å². The van der Waals surface area contributed by atoms with Crippen LogP contribution in [0.1, 0.15) is 23.9 Å². The van der Waals surface area contributed by atoms with Crippen molar-refractivity contribution in [2.24, 2.45) is 7.05 Å². The van der Waals surface area contributed by atoms with Crippen molar-refractivity contribution >= 4 is 34.1 Å². The summed E-state index contributed by atoms with van der Waals surface area (Å²) in [5.41, 5.74) is 4.93. The van der Waals surface area contributed by atoms with Gasteiger partial charge in [-0.25, -0.2) is 4.98 Å². The fraction of sp³-hybridized carbons (Fsp3) is 0.261. The van der Waals surface area contributed by atoms with Crippen LogP contribution in [0.5, 0.6) is 0 Å². The minimum atomic E-state index is -0.266. The first-order valence-corrected chi connectivity index (χ1v) is 9.85. The summed E-state index contributed by atoms with van der Waals surface area (Å²) in [6.45, 7) is 4.35. The van der Waals surface area contributed by atoms with E-state index in [1.807, 2.05) is 61.0 Å². The van der Waals surface area contributed by atoms with Gasteiger partial charge in [-0.2, -0.15) is 0 Å². The van der Waals surface area contributed by atoms with Gasteiger partial charge in [0.2, 0.25) is 0 Å². The van der Waals surface area contributed by atoms with Crippen molar-refractivity contribution in [3.05, 3.63) is 65.2 Å². The molecule has 2 aromatic carbocycles. The lowest BCUT2D eigenvalue weighted by atomic mass is 10.1.